The SMILES string of the molecule is COCC(CCN)Nc1ncc(Cl)cc1Cl. The second-order valence-electron chi connectivity index (χ2n) is 3.36. The highest BCUT2D eigenvalue weighted by atomic mass is 35.5. The van der Waals surface area contributed by atoms with Gasteiger partial charge < -0.3 is 15.8 Å². The Labute approximate surface area is 105 Å². The molecule has 0 radical (unpaired) electrons. The topological polar surface area (TPSA) is 60.2 Å². The summed E-state index contributed by atoms with van der Waals surface area (Å²) in [5.74, 6) is 0.599. The van der Waals surface area contributed by atoms with Crippen LogP contribution < -0.4 is 11.1 Å². The molecule has 90 valence electrons. The van der Waals surface area contributed by atoms with Gasteiger partial charge in [0.2, 0.25) is 0 Å². The molecule has 1 aromatic heterocycles. The maximum atomic E-state index is 5.99. The van der Waals surface area contributed by atoms with Crippen molar-refractivity contribution in [1.29, 1.82) is 0 Å². The lowest BCUT2D eigenvalue weighted by Crippen LogP contribution is -2.28. The molecule has 0 fully saturated rings. The average molecular weight is 264 g/mol. The van der Waals surface area contributed by atoms with Crippen LogP contribution in [0.15, 0.2) is 12.3 Å². The van der Waals surface area contributed by atoms with Crippen molar-refractivity contribution in [3.63, 3.8) is 0 Å². The van der Waals surface area contributed by atoms with Crippen molar-refractivity contribution in [2.24, 2.45) is 5.73 Å². The summed E-state index contributed by atoms with van der Waals surface area (Å²) >= 11 is 11.7. The fraction of sp³-hybridized carbons (Fsp3) is 0.500. The van der Waals surface area contributed by atoms with Crippen molar-refractivity contribution >= 4 is 29.0 Å². The Morgan fingerprint density at radius 2 is 2.31 bits per heavy atom. The minimum absolute atomic E-state index is 0.0983. The predicted molar refractivity (Wildman–Crippen MR) is 67.2 cm³/mol. The number of methoxy groups -OCH3 is 1. The van der Waals surface area contributed by atoms with Crippen LogP contribution in [0, 0.1) is 0 Å². The number of halogens is 2. The molecule has 3 N–H and O–H groups in total. The lowest BCUT2D eigenvalue weighted by Gasteiger charge is -2.18. The van der Waals surface area contributed by atoms with Gasteiger partial charge in [-0.3, -0.25) is 0 Å². The Balaban J connectivity index is 2.68. The van der Waals surface area contributed by atoms with E-state index in [1.165, 1.54) is 0 Å². The zero-order valence-electron chi connectivity index (χ0n) is 9.04. The predicted octanol–water partition coefficient (Wildman–Crippen LogP) is 2.16. The molecule has 0 aliphatic carbocycles. The molecule has 0 spiro atoms. The molecule has 0 aliphatic heterocycles. The molecule has 0 aliphatic rings. The standard InChI is InChI=1S/C10H15Cl2N3O/c1-16-6-8(2-3-13)15-10-9(12)4-7(11)5-14-10/h4-5,8H,2-3,6,13H2,1H3,(H,14,15). The summed E-state index contributed by atoms with van der Waals surface area (Å²) in [5.41, 5.74) is 5.51. The number of anilines is 1. The third-order valence-electron chi connectivity index (χ3n) is 2.03. The Bertz CT molecular complexity index is 330. The molecular weight excluding hydrogens is 249 g/mol. The smallest absolute Gasteiger partial charge is 0.145 e. The number of nitrogens with two attached hydrogens (primary N) is 1. The first-order valence-electron chi connectivity index (χ1n) is 4.94. The van der Waals surface area contributed by atoms with Crippen molar-refractivity contribution in [3.8, 4) is 0 Å². The van der Waals surface area contributed by atoms with Crippen LogP contribution in [0.3, 0.4) is 0 Å². The molecule has 0 saturated heterocycles. The van der Waals surface area contributed by atoms with E-state index in [1.54, 1.807) is 19.4 Å². The summed E-state index contributed by atoms with van der Waals surface area (Å²) in [6, 6.07) is 1.74. The van der Waals surface area contributed by atoms with E-state index < -0.39 is 0 Å². The van der Waals surface area contributed by atoms with Crippen LogP contribution in [0.1, 0.15) is 6.42 Å². The summed E-state index contributed by atoms with van der Waals surface area (Å²) < 4.78 is 5.08. The number of pyridine rings is 1. The van der Waals surface area contributed by atoms with E-state index >= 15 is 0 Å². The maximum absolute atomic E-state index is 5.99. The van der Waals surface area contributed by atoms with Crippen molar-refractivity contribution in [3.05, 3.63) is 22.3 Å². The van der Waals surface area contributed by atoms with Crippen LogP contribution in [-0.2, 0) is 4.74 Å². The minimum Gasteiger partial charge on any atom is -0.383 e. The first kappa shape index (κ1) is 13.5. The Kier molecular flexibility index (Phi) is 5.84. The molecule has 0 amide bonds. The number of hydrogen-bond acceptors (Lipinski definition) is 4. The Morgan fingerprint density at radius 1 is 1.56 bits per heavy atom. The highest BCUT2D eigenvalue weighted by molar-refractivity contribution is 6.35. The number of rotatable bonds is 6. The highest BCUT2D eigenvalue weighted by Crippen LogP contribution is 2.23. The molecular formula is C10H15Cl2N3O. The normalized spacial score (nSPS) is 12.5. The van der Waals surface area contributed by atoms with Gasteiger partial charge in [-0.1, -0.05) is 23.2 Å². The second-order valence-corrected chi connectivity index (χ2v) is 4.20. The van der Waals surface area contributed by atoms with Crippen LogP contribution in [-0.4, -0.2) is 31.3 Å². The van der Waals surface area contributed by atoms with E-state index in [4.69, 9.17) is 33.7 Å². The second kappa shape index (κ2) is 6.91. The average Bonchev–Trinajstić information content (AvgIpc) is 2.23. The Morgan fingerprint density at radius 3 is 2.88 bits per heavy atom. The molecule has 4 nitrogen and oxygen atoms in total. The number of nitrogens with one attached hydrogen (secondary N) is 1. The minimum atomic E-state index is 0.0983. The van der Waals surface area contributed by atoms with Crippen molar-refractivity contribution in [1.82, 2.24) is 4.98 Å². The third kappa shape index (κ3) is 4.14. The van der Waals surface area contributed by atoms with Crippen LogP contribution >= 0.6 is 23.2 Å². The van der Waals surface area contributed by atoms with Crippen LogP contribution in [0.25, 0.3) is 0 Å². The lowest BCUT2D eigenvalue weighted by atomic mass is 10.2. The number of ether oxygens (including phenoxy) is 1. The summed E-state index contributed by atoms with van der Waals surface area (Å²) in [7, 11) is 1.64. The van der Waals surface area contributed by atoms with Crippen molar-refractivity contribution in [2.45, 2.75) is 12.5 Å². The van der Waals surface area contributed by atoms with Gasteiger partial charge in [-0.05, 0) is 19.0 Å². The van der Waals surface area contributed by atoms with E-state index in [2.05, 4.69) is 10.3 Å². The summed E-state index contributed by atoms with van der Waals surface area (Å²) in [4.78, 5) is 4.11. The number of nitrogens with zero attached hydrogens (tertiary/aromatic N) is 1. The third-order valence-corrected chi connectivity index (χ3v) is 2.53. The van der Waals surface area contributed by atoms with Crippen LogP contribution in [0.2, 0.25) is 10.0 Å². The van der Waals surface area contributed by atoms with Crippen LogP contribution in [0.4, 0.5) is 5.82 Å². The van der Waals surface area contributed by atoms with Gasteiger partial charge in [0.15, 0.2) is 0 Å². The summed E-state index contributed by atoms with van der Waals surface area (Å²) in [5, 5.41) is 4.17. The highest BCUT2D eigenvalue weighted by Gasteiger charge is 2.10. The van der Waals surface area contributed by atoms with Gasteiger partial charge in [-0.25, -0.2) is 4.98 Å². The molecule has 1 unspecified atom stereocenters. The van der Waals surface area contributed by atoms with Gasteiger partial charge in [0.05, 0.1) is 22.7 Å². The maximum Gasteiger partial charge on any atom is 0.145 e. The van der Waals surface area contributed by atoms with E-state index in [1.807, 2.05) is 0 Å². The van der Waals surface area contributed by atoms with E-state index in [9.17, 15) is 0 Å². The van der Waals surface area contributed by atoms with Crippen molar-refractivity contribution < 1.29 is 4.74 Å². The van der Waals surface area contributed by atoms with Crippen molar-refractivity contribution in [2.75, 3.05) is 25.6 Å². The molecule has 1 heterocycles. The molecule has 1 rings (SSSR count). The summed E-state index contributed by atoms with van der Waals surface area (Å²) in [6.07, 6.45) is 2.33. The van der Waals surface area contributed by atoms with Gasteiger partial charge in [-0.15, -0.1) is 0 Å². The van der Waals surface area contributed by atoms with Gasteiger partial charge in [-0.2, -0.15) is 0 Å². The molecule has 1 atom stereocenters. The zero-order chi connectivity index (χ0) is 12.0. The molecule has 0 saturated carbocycles. The Hall–Kier alpha value is -0.550. The van der Waals surface area contributed by atoms with Gasteiger partial charge >= 0.3 is 0 Å². The molecule has 1 aromatic rings. The fourth-order valence-corrected chi connectivity index (χ4v) is 1.75. The zero-order valence-corrected chi connectivity index (χ0v) is 10.6. The van der Waals surface area contributed by atoms with Gasteiger partial charge in [0.25, 0.3) is 0 Å². The molecule has 0 aromatic carbocycles. The molecule has 0 bridgehead atoms. The van der Waals surface area contributed by atoms with E-state index in [0.717, 1.165) is 6.42 Å². The first-order valence-corrected chi connectivity index (χ1v) is 5.69. The van der Waals surface area contributed by atoms with E-state index in [-0.39, 0.29) is 6.04 Å². The first-order chi connectivity index (χ1) is 7.67. The lowest BCUT2D eigenvalue weighted by molar-refractivity contribution is 0.183. The fourth-order valence-electron chi connectivity index (χ4n) is 1.31. The molecule has 16 heavy (non-hydrogen) atoms. The quantitative estimate of drug-likeness (QED) is 0.826. The number of hydrogen-bond donors (Lipinski definition) is 2. The largest absolute Gasteiger partial charge is 0.383 e. The van der Waals surface area contributed by atoms with Gasteiger partial charge in [0.1, 0.15) is 5.82 Å². The summed E-state index contributed by atoms with van der Waals surface area (Å²) in [6.45, 7) is 1.13. The monoisotopic (exact) mass is 263 g/mol. The number of aromatic nitrogens is 1. The molecule has 6 heteroatoms. The van der Waals surface area contributed by atoms with Crippen LogP contribution in [0.5, 0.6) is 0 Å². The van der Waals surface area contributed by atoms with Gasteiger partial charge in [0, 0.05) is 13.3 Å². The van der Waals surface area contributed by atoms with E-state index in [0.29, 0.717) is 29.0 Å².